The molecule has 1 unspecified atom stereocenters. The number of carboxylic acids is 1. The van der Waals surface area contributed by atoms with Crippen LogP contribution in [-0.4, -0.2) is 28.6 Å². The maximum atomic E-state index is 12.8. The van der Waals surface area contributed by atoms with Crippen molar-refractivity contribution < 1.29 is 23.1 Å². The molecule has 2 heterocycles. The number of nitrogens with zero attached hydrogens (tertiary/aromatic N) is 2. The quantitative estimate of drug-likeness (QED) is 0.885. The van der Waals surface area contributed by atoms with Gasteiger partial charge in [0.2, 0.25) is 0 Å². The number of aromatic nitrogens is 1. The summed E-state index contributed by atoms with van der Waals surface area (Å²) in [6, 6.07) is 1.18. The zero-order valence-corrected chi connectivity index (χ0v) is 9.31. The second-order valence-electron chi connectivity index (χ2n) is 4.06. The average Bonchev–Trinajstić information content (AvgIpc) is 2.76. The lowest BCUT2D eigenvalue weighted by Crippen LogP contribution is -2.37. The molecule has 4 nitrogen and oxygen atoms in total. The highest BCUT2D eigenvalue weighted by Gasteiger charge is 2.39. The third-order valence-corrected chi connectivity index (χ3v) is 2.90. The van der Waals surface area contributed by atoms with Crippen LogP contribution in [-0.2, 0) is 11.0 Å². The van der Waals surface area contributed by atoms with Crippen molar-refractivity contribution in [3.05, 3.63) is 23.9 Å². The highest BCUT2D eigenvalue weighted by atomic mass is 19.4. The summed E-state index contributed by atoms with van der Waals surface area (Å²) >= 11 is 0. The highest BCUT2D eigenvalue weighted by Crippen LogP contribution is 2.37. The molecule has 0 bridgehead atoms. The van der Waals surface area contributed by atoms with Crippen LogP contribution in [0, 0.1) is 0 Å². The lowest BCUT2D eigenvalue weighted by Gasteiger charge is -2.25. The molecule has 0 saturated carbocycles. The molecule has 0 spiro atoms. The van der Waals surface area contributed by atoms with Crippen molar-refractivity contribution in [1.29, 1.82) is 0 Å². The monoisotopic (exact) mass is 260 g/mol. The summed E-state index contributed by atoms with van der Waals surface area (Å²) in [6.07, 6.45) is -2.41. The van der Waals surface area contributed by atoms with Crippen LogP contribution in [0.25, 0.3) is 0 Å². The molecule has 0 aliphatic carbocycles. The van der Waals surface area contributed by atoms with E-state index in [9.17, 15) is 18.0 Å². The molecule has 0 amide bonds. The third-order valence-electron chi connectivity index (χ3n) is 2.90. The fourth-order valence-electron chi connectivity index (χ4n) is 2.12. The Labute approximate surface area is 101 Å². The standard InChI is InChI=1S/C11H11F3N2O2/c12-11(13,14)7-3-1-5-15-9(7)16-6-2-4-8(16)10(17)18/h1,3,5,8H,2,4,6H2,(H,17,18). The number of halogens is 3. The van der Waals surface area contributed by atoms with Crippen molar-refractivity contribution in [3.8, 4) is 0 Å². The predicted octanol–water partition coefficient (Wildman–Crippen LogP) is 2.15. The first-order chi connectivity index (χ1) is 8.41. The van der Waals surface area contributed by atoms with Gasteiger partial charge in [-0.2, -0.15) is 13.2 Å². The molecule has 98 valence electrons. The van der Waals surface area contributed by atoms with Gasteiger partial charge >= 0.3 is 12.1 Å². The first-order valence-electron chi connectivity index (χ1n) is 5.43. The minimum Gasteiger partial charge on any atom is -0.480 e. The number of carboxylic acid groups (broad SMARTS) is 1. The van der Waals surface area contributed by atoms with Crippen molar-refractivity contribution >= 4 is 11.8 Å². The van der Waals surface area contributed by atoms with Crippen molar-refractivity contribution in [2.75, 3.05) is 11.4 Å². The van der Waals surface area contributed by atoms with Gasteiger partial charge in [0.25, 0.3) is 0 Å². The Bertz CT molecular complexity index is 462. The Morgan fingerprint density at radius 2 is 2.22 bits per heavy atom. The van der Waals surface area contributed by atoms with E-state index in [1.807, 2.05) is 0 Å². The minimum absolute atomic E-state index is 0.275. The summed E-state index contributed by atoms with van der Waals surface area (Å²) in [6.45, 7) is 0.275. The van der Waals surface area contributed by atoms with E-state index in [1.54, 1.807) is 0 Å². The number of hydrogen-bond acceptors (Lipinski definition) is 3. The Morgan fingerprint density at radius 1 is 1.50 bits per heavy atom. The Morgan fingerprint density at radius 3 is 2.83 bits per heavy atom. The van der Waals surface area contributed by atoms with Gasteiger partial charge in [-0.05, 0) is 25.0 Å². The van der Waals surface area contributed by atoms with Gasteiger partial charge in [-0.25, -0.2) is 9.78 Å². The molecule has 1 N–H and O–H groups in total. The Hall–Kier alpha value is -1.79. The molecule has 0 radical (unpaired) electrons. The number of pyridine rings is 1. The predicted molar refractivity (Wildman–Crippen MR) is 57.2 cm³/mol. The van der Waals surface area contributed by atoms with E-state index >= 15 is 0 Å². The van der Waals surface area contributed by atoms with Gasteiger partial charge in [0.1, 0.15) is 11.9 Å². The topological polar surface area (TPSA) is 53.4 Å². The largest absolute Gasteiger partial charge is 0.480 e. The summed E-state index contributed by atoms with van der Waals surface area (Å²) in [5.41, 5.74) is -0.891. The summed E-state index contributed by atoms with van der Waals surface area (Å²) in [7, 11) is 0. The van der Waals surface area contributed by atoms with Gasteiger partial charge in [0, 0.05) is 12.7 Å². The van der Waals surface area contributed by atoms with Gasteiger partial charge in [-0.1, -0.05) is 0 Å². The van der Waals surface area contributed by atoms with Crippen molar-refractivity contribution in [1.82, 2.24) is 4.98 Å². The van der Waals surface area contributed by atoms with Crippen molar-refractivity contribution in [2.45, 2.75) is 25.1 Å². The summed E-state index contributed by atoms with van der Waals surface area (Å²) in [5.74, 6) is -1.42. The maximum absolute atomic E-state index is 12.8. The second-order valence-corrected chi connectivity index (χ2v) is 4.06. The SMILES string of the molecule is O=C(O)C1CCCN1c1ncccc1C(F)(F)F. The lowest BCUT2D eigenvalue weighted by molar-refractivity contribution is -0.140. The molecule has 1 aromatic rings. The van der Waals surface area contributed by atoms with Crippen LogP contribution >= 0.6 is 0 Å². The van der Waals surface area contributed by atoms with Crippen LogP contribution in [0.1, 0.15) is 18.4 Å². The normalized spacial score (nSPS) is 20.2. The van der Waals surface area contributed by atoms with Crippen LogP contribution in [0.2, 0.25) is 0 Å². The average molecular weight is 260 g/mol. The zero-order chi connectivity index (χ0) is 13.3. The number of aliphatic carboxylic acids is 1. The summed E-state index contributed by atoms with van der Waals surface area (Å²) < 4.78 is 38.4. The minimum atomic E-state index is -4.53. The van der Waals surface area contributed by atoms with Crippen molar-refractivity contribution in [3.63, 3.8) is 0 Å². The van der Waals surface area contributed by atoms with Crippen LogP contribution < -0.4 is 4.90 Å². The molecule has 7 heteroatoms. The maximum Gasteiger partial charge on any atom is 0.419 e. The van der Waals surface area contributed by atoms with Crippen molar-refractivity contribution in [2.24, 2.45) is 0 Å². The molecular formula is C11H11F3N2O2. The fourth-order valence-corrected chi connectivity index (χ4v) is 2.12. The van der Waals surface area contributed by atoms with Gasteiger partial charge in [0.05, 0.1) is 5.56 Å². The Balaban J connectivity index is 2.42. The van der Waals surface area contributed by atoms with E-state index < -0.39 is 23.8 Å². The second kappa shape index (κ2) is 4.47. The first-order valence-corrected chi connectivity index (χ1v) is 5.43. The van der Waals surface area contributed by atoms with Crippen LogP contribution in [0.4, 0.5) is 19.0 Å². The molecule has 18 heavy (non-hydrogen) atoms. The van der Waals surface area contributed by atoms with E-state index in [1.165, 1.54) is 17.2 Å². The van der Waals surface area contributed by atoms with Crippen LogP contribution in [0.15, 0.2) is 18.3 Å². The summed E-state index contributed by atoms with van der Waals surface area (Å²) in [5, 5.41) is 8.99. The van der Waals surface area contributed by atoms with Crippen LogP contribution in [0.3, 0.4) is 0 Å². The first kappa shape index (κ1) is 12.7. The number of rotatable bonds is 2. The Kier molecular flexibility index (Phi) is 3.14. The molecule has 1 saturated heterocycles. The smallest absolute Gasteiger partial charge is 0.419 e. The summed E-state index contributed by atoms with van der Waals surface area (Å²) in [4.78, 5) is 15.9. The van der Waals surface area contributed by atoms with E-state index in [4.69, 9.17) is 5.11 Å². The number of alkyl halides is 3. The molecule has 1 aliphatic rings. The number of carbonyl (C=O) groups is 1. The number of anilines is 1. The van der Waals surface area contributed by atoms with E-state index in [-0.39, 0.29) is 12.4 Å². The van der Waals surface area contributed by atoms with Gasteiger partial charge in [-0.3, -0.25) is 0 Å². The van der Waals surface area contributed by atoms with E-state index in [2.05, 4.69) is 4.98 Å². The molecule has 2 rings (SSSR count). The van der Waals surface area contributed by atoms with E-state index in [0.29, 0.717) is 12.8 Å². The molecule has 0 aromatic carbocycles. The molecular weight excluding hydrogens is 249 g/mol. The molecule has 1 aliphatic heterocycles. The van der Waals surface area contributed by atoms with Gasteiger partial charge in [0.15, 0.2) is 0 Å². The van der Waals surface area contributed by atoms with Gasteiger partial charge < -0.3 is 10.0 Å². The number of hydrogen-bond donors (Lipinski definition) is 1. The molecule has 1 fully saturated rings. The zero-order valence-electron chi connectivity index (χ0n) is 9.31. The van der Waals surface area contributed by atoms with Gasteiger partial charge in [-0.15, -0.1) is 0 Å². The van der Waals surface area contributed by atoms with Crippen LogP contribution in [0.5, 0.6) is 0 Å². The third kappa shape index (κ3) is 2.25. The van der Waals surface area contributed by atoms with E-state index in [0.717, 1.165) is 6.07 Å². The lowest BCUT2D eigenvalue weighted by atomic mass is 10.2. The fraction of sp³-hybridized carbons (Fsp3) is 0.455. The molecule has 1 aromatic heterocycles. The molecule has 1 atom stereocenters. The highest BCUT2D eigenvalue weighted by molar-refractivity contribution is 5.78.